The minimum Gasteiger partial charge on any atom is -0.450 e. The molecule has 3 rings (SSSR count). The molecule has 8 nitrogen and oxygen atoms in total. The number of amides is 1. The number of ether oxygens (including phenoxy) is 1. The molecule has 1 heterocycles. The Kier molecular flexibility index (Phi) is 8.63. The molecule has 1 amide bonds. The summed E-state index contributed by atoms with van der Waals surface area (Å²) >= 11 is -2.36. The molecular formula is C23H27FN4O4S. The van der Waals surface area contributed by atoms with E-state index < -0.39 is 17.9 Å². The fourth-order valence-corrected chi connectivity index (χ4v) is 4.35. The molecule has 2 aromatic rings. The van der Waals surface area contributed by atoms with Gasteiger partial charge in [-0.25, -0.2) is 13.3 Å². The van der Waals surface area contributed by atoms with Crippen molar-refractivity contribution < 1.29 is 22.7 Å². The minimum atomic E-state index is -2.36. The van der Waals surface area contributed by atoms with Crippen LogP contribution in [0, 0.1) is 11.3 Å². The number of nitriles is 1. The van der Waals surface area contributed by atoms with Crippen LogP contribution in [0.15, 0.2) is 42.5 Å². The number of anilines is 3. The van der Waals surface area contributed by atoms with Gasteiger partial charge < -0.3 is 14.5 Å². The van der Waals surface area contributed by atoms with E-state index in [1.54, 1.807) is 54.3 Å². The highest BCUT2D eigenvalue weighted by atomic mass is 32.2. The summed E-state index contributed by atoms with van der Waals surface area (Å²) in [5, 5.41) is 9.74. The van der Waals surface area contributed by atoms with Gasteiger partial charge in [-0.1, -0.05) is 12.1 Å². The molecule has 1 saturated heterocycles. The number of aryl methyl sites for hydroxylation is 1. The van der Waals surface area contributed by atoms with Gasteiger partial charge in [-0.3, -0.25) is 8.94 Å². The van der Waals surface area contributed by atoms with E-state index in [-0.39, 0.29) is 6.09 Å². The molecule has 0 bridgehead atoms. The molecule has 0 saturated carbocycles. The number of benzene rings is 2. The number of piperazine rings is 1. The van der Waals surface area contributed by atoms with E-state index in [4.69, 9.17) is 4.74 Å². The van der Waals surface area contributed by atoms with Crippen molar-refractivity contribution >= 4 is 34.4 Å². The van der Waals surface area contributed by atoms with Crippen LogP contribution < -0.4 is 9.21 Å². The SMILES string of the molecule is CCOC(=O)N1CCN(c2ccc(N(c3ccc(CCCF)cc3)S(=O)O)cc2C#N)CC1. The highest BCUT2D eigenvalue weighted by Crippen LogP contribution is 2.32. The zero-order valence-electron chi connectivity index (χ0n) is 18.4. The van der Waals surface area contributed by atoms with E-state index in [2.05, 4.69) is 6.07 Å². The van der Waals surface area contributed by atoms with Crippen molar-refractivity contribution in [1.82, 2.24) is 4.90 Å². The number of rotatable bonds is 8. The summed E-state index contributed by atoms with van der Waals surface area (Å²) in [4.78, 5) is 15.6. The number of alkyl halides is 1. The molecular weight excluding hydrogens is 447 g/mol. The van der Waals surface area contributed by atoms with Gasteiger partial charge in [0, 0.05) is 26.2 Å². The van der Waals surface area contributed by atoms with Gasteiger partial charge in [0.1, 0.15) is 6.07 Å². The minimum absolute atomic E-state index is 0.322. The maximum Gasteiger partial charge on any atom is 0.409 e. The third-order valence-electron chi connectivity index (χ3n) is 5.41. The van der Waals surface area contributed by atoms with Gasteiger partial charge in [0.05, 0.1) is 35.9 Å². The van der Waals surface area contributed by atoms with Crippen molar-refractivity contribution in [3.05, 3.63) is 53.6 Å². The Morgan fingerprint density at radius 2 is 1.85 bits per heavy atom. The fourth-order valence-electron chi connectivity index (χ4n) is 3.76. The number of hydrogen-bond acceptors (Lipinski definition) is 5. The molecule has 33 heavy (non-hydrogen) atoms. The third-order valence-corrected chi connectivity index (χ3v) is 6.14. The van der Waals surface area contributed by atoms with Crippen molar-refractivity contribution in [3.8, 4) is 6.07 Å². The van der Waals surface area contributed by atoms with Crippen LogP contribution in [0.25, 0.3) is 0 Å². The molecule has 1 aliphatic rings. The third kappa shape index (κ3) is 6.00. The second-order valence-corrected chi connectivity index (χ2v) is 8.30. The molecule has 10 heteroatoms. The van der Waals surface area contributed by atoms with Gasteiger partial charge in [0.2, 0.25) is 0 Å². The highest BCUT2D eigenvalue weighted by Gasteiger charge is 2.24. The van der Waals surface area contributed by atoms with Crippen LogP contribution in [0.5, 0.6) is 0 Å². The molecule has 2 aromatic carbocycles. The summed E-state index contributed by atoms with van der Waals surface area (Å²) in [6, 6.07) is 14.2. The predicted octanol–water partition coefficient (Wildman–Crippen LogP) is 4.01. The van der Waals surface area contributed by atoms with Gasteiger partial charge >= 0.3 is 6.09 Å². The number of halogens is 1. The molecule has 1 fully saturated rings. The van der Waals surface area contributed by atoms with Crippen molar-refractivity contribution in [2.45, 2.75) is 19.8 Å². The maximum atomic E-state index is 12.4. The van der Waals surface area contributed by atoms with E-state index in [1.165, 1.54) is 4.31 Å². The maximum absolute atomic E-state index is 12.4. The van der Waals surface area contributed by atoms with Crippen LogP contribution in [0.1, 0.15) is 24.5 Å². The van der Waals surface area contributed by atoms with Gasteiger partial charge in [-0.2, -0.15) is 5.26 Å². The molecule has 0 aromatic heterocycles. The van der Waals surface area contributed by atoms with Crippen LogP contribution >= 0.6 is 0 Å². The molecule has 1 unspecified atom stereocenters. The van der Waals surface area contributed by atoms with Crippen LogP contribution in [0.3, 0.4) is 0 Å². The summed E-state index contributed by atoms with van der Waals surface area (Å²) in [5.41, 5.74) is 2.90. The van der Waals surface area contributed by atoms with E-state index in [0.717, 1.165) is 5.56 Å². The first kappa shape index (κ1) is 24.5. The molecule has 0 spiro atoms. The molecule has 1 aliphatic heterocycles. The van der Waals surface area contributed by atoms with Crippen molar-refractivity contribution in [2.75, 3.05) is 48.7 Å². The zero-order chi connectivity index (χ0) is 23.8. The second kappa shape index (κ2) is 11.6. The average Bonchev–Trinajstić information content (AvgIpc) is 2.83. The quantitative estimate of drug-likeness (QED) is 0.581. The highest BCUT2D eigenvalue weighted by molar-refractivity contribution is 7.81. The standard InChI is InChI=1S/C23H27FN4O4S/c1-2-32-23(29)27-14-12-26(13-15-27)22-10-9-21(16-19(22)17-25)28(33(30)31)20-7-5-18(6-8-20)4-3-11-24/h5-10,16H,2-4,11-15H2,1H3,(H,30,31). The lowest BCUT2D eigenvalue weighted by Crippen LogP contribution is -2.49. The average molecular weight is 475 g/mol. The first-order valence-corrected chi connectivity index (χ1v) is 11.8. The van der Waals surface area contributed by atoms with E-state index in [0.29, 0.717) is 68.3 Å². The van der Waals surface area contributed by atoms with Gasteiger partial charge in [-0.15, -0.1) is 0 Å². The lowest BCUT2D eigenvalue weighted by atomic mass is 10.1. The van der Waals surface area contributed by atoms with Crippen molar-refractivity contribution in [1.29, 1.82) is 5.26 Å². The number of carbonyl (C=O) groups is 1. The normalized spacial score (nSPS) is 14.5. The Hall–Kier alpha value is -3.16. The molecule has 1 atom stereocenters. The first-order valence-electron chi connectivity index (χ1n) is 10.7. The lowest BCUT2D eigenvalue weighted by Gasteiger charge is -2.36. The van der Waals surface area contributed by atoms with Crippen molar-refractivity contribution in [2.24, 2.45) is 0 Å². The predicted molar refractivity (Wildman–Crippen MR) is 126 cm³/mol. The Morgan fingerprint density at radius 1 is 1.18 bits per heavy atom. The monoisotopic (exact) mass is 474 g/mol. The summed E-state index contributed by atoms with van der Waals surface area (Å²) in [7, 11) is 0. The summed E-state index contributed by atoms with van der Waals surface area (Å²) in [5.74, 6) is 0. The zero-order valence-corrected chi connectivity index (χ0v) is 19.3. The summed E-state index contributed by atoms with van der Waals surface area (Å²) in [6.07, 6.45) is 0.677. The topological polar surface area (TPSA) is 97.1 Å². The number of hydrogen-bond donors (Lipinski definition) is 1. The van der Waals surface area contributed by atoms with Gasteiger partial charge in [0.15, 0.2) is 0 Å². The Balaban J connectivity index is 1.79. The smallest absolute Gasteiger partial charge is 0.409 e. The Bertz CT molecular complexity index is 1020. The second-order valence-electron chi connectivity index (χ2n) is 7.47. The number of nitrogens with zero attached hydrogens (tertiary/aromatic N) is 4. The summed E-state index contributed by atoms with van der Waals surface area (Å²) < 4.78 is 40.8. The molecule has 0 aliphatic carbocycles. The largest absolute Gasteiger partial charge is 0.450 e. The molecule has 0 radical (unpaired) electrons. The van der Waals surface area contributed by atoms with Crippen LogP contribution in [0.2, 0.25) is 0 Å². The van der Waals surface area contributed by atoms with E-state index in [1.807, 2.05) is 4.90 Å². The summed E-state index contributed by atoms with van der Waals surface area (Å²) in [6.45, 7) is 3.74. The number of carbonyl (C=O) groups excluding carboxylic acids is 1. The Labute approximate surface area is 195 Å². The molecule has 176 valence electrons. The fraction of sp³-hybridized carbons (Fsp3) is 0.391. The van der Waals surface area contributed by atoms with E-state index in [9.17, 15) is 23.2 Å². The van der Waals surface area contributed by atoms with Crippen LogP contribution in [-0.2, 0) is 22.4 Å². The van der Waals surface area contributed by atoms with Crippen LogP contribution in [-0.4, -0.2) is 59.2 Å². The molecule has 1 N–H and O–H groups in total. The van der Waals surface area contributed by atoms with Gasteiger partial charge in [0.25, 0.3) is 11.3 Å². The van der Waals surface area contributed by atoms with Crippen LogP contribution in [0.4, 0.5) is 26.2 Å². The lowest BCUT2D eigenvalue weighted by molar-refractivity contribution is 0.105. The van der Waals surface area contributed by atoms with Gasteiger partial charge in [-0.05, 0) is 55.7 Å². The Morgan fingerprint density at radius 3 is 2.42 bits per heavy atom. The van der Waals surface area contributed by atoms with E-state index >= 15 is 0 Å². The van der Waals surface area contributed by atoms with Crippen molar-refractivity contribution in [3.63, 3.8) is 0 Å². The first-order chi connectivity index (χ1) is 16.0.